The number of carbonyl (C=O) groups is 2. The first-order valence-electron chi connectivity index (χ1n) is 32.4. The summed E-state index contributed by atoms with van der Waals surface area (Å²) in [5, 5.41) is 12.8. The van der Waals surface area contributed by atoms with E-state index < -0.39 is 26.9 Å². The number of thioether (sulfide) groups is 1. The standard InChI is InChI=1S/C34H45N7O4SSi.C34H45N7O3SSi/c1-25-11-12-30-28(21-35-41(30)24-44-19-20-47(3,4)5)31(25)40-14-13-27-29(22-40)36-33(46(2)43)37-32(27)38-15-17-39(18-16-38)34(42)45-23-26-9-7-6-8-10-26;1-25-11-12-30-28(21-35-41(30)24-43-19-20-46(3,4)5)31(25)40-14-13-27-29(22-40)36-33(45-2)37-32(27)38-15-17-39(18-16-38)34(42)44-23-26-9-7-6-8-10-26/h6-12,21H,13-20,22-24H2,1-5H3;6-12,21H,13-20,22-24H2,1-5H3. The van der Waals surface area contributed by atoms with E-state index in [1.54, 1.807) is 27.8 Å². The molecule has 0 saturated carbocycles. The van der Waals surface area contributed by atoms with Crippen LogP contribution in [-0.2, 0) is 82.4 Å². The number of fused-ring (bicyclic) bond motifs is 4. The zero-order valence-corrected chi connectivity index (χ0v) is 59.4. The molecule has 1 unspecified atom stereocenters. The number of aryl methyl sites for hydroxylation is 2. The van der Waals surface area contributed by atoms with Crippen LogP contribution in [0.1, 0.15) is 44.8 Å². The third-order valence-electron chi connectivity index (χ3n) is 17.6. The van der Waals surface area contributed by atoms with Crippen molar-refractivity contribution in [2.45, 2.75) is 128 Å². The van der Waals surface area contributed by atoms with Gasteiger partial charge in [-0.15, -0.1) is 0 Å². The minimum Gasteiger partial charge on any atom is -0.445 e. The van der Waals surface area contributed by atoms with Gasteiger partial charge >= 0.3 is 12.2 Å². The van der Waals surface area contributed by atoms with Crippen LogP contribution in [0, 0.1) is 13.8 Å². The minimum atomic E-state index is -1.34. The molecule has 0 N–H and O–H groups in total. The number of rotatable bonds is 20. The van der Waals surface area contributed by atoms with E-state index in [4.69, 9.17) is 49.1 Å². The molecule has 0 aliphatic carbocycles. The Morgan fingerprint density at radius 3 is 1.39 bits per heavy atom. The normalized spacial score (nSPS) is 15.7. The summed E-state index contributed by atoms with van der Waals surface area (Å²) in [5.41, 5.74) is 13.1. The van der Waals surface area contributed by atoms with Gasteiger partial charge in [0.05, 0.1) is 70.1 Å². The van der Waals surface area contributed by atoms with E-state index in [-0.39, 0.29) is 25.4 Å². The van der Waals surface area contributed by atoms with Crippen molar-refractivity contribution >= 4 is 95.7 Å². The maximum Gasteiger partial charge on any atom is 0.410 e. The summed E-state index contributed by atoms with van der Waals surface area (Å²) < 4.78 is 39.8. The Morgan fingerprint density at radius 2 is 0.968 bits per heavy atom. The van der Waals surface area contributed by atoms with E-state index in [0.717, 1.165) is 124 Å². The lowest BCUT2D eigenvalue weighted by Crippen LogP contribution is -2.49. The van der Waals surface area contributed by atoms with E-state index in [9.17, 15) is 13.8 Å². The highest BCUT2D eigenvalue weighted by Gasteiger charge is 2.33. The van der Waals surface area contributed by atoms with Crippen LogP contribution >= 0.6 is 11.8 Å². The van der Waals surface area contributed by atoms with E-state index in [1.165, 1.54) is 22.4 Å². The van der Waals surface area contributed by atoms with Crippen molar-refractivity contribution in [1.82, 2.24) is 49.3 Å². The molecule has 12 rings (SSSR count). The number of piperazine rings is 2. The van der Waals surface area contributed by atoms with Gasteiger partial charge in [-0.2, -0.15) is 10.2 Å². The number of aromatic nitrogens is 8. The Kier molecular flexibility index (Phi) is 21.5. The second kappa shape index (κ2) is 29.9. The van der Waals surface area contributed by atoms with Gasteiger partial charge in [-0.1, -0.05) is 124 Å². The van der Waals surface area contributed by atoms with E-state index in [2.05, 4.69) is 97.0 Å². The van der Waals surface area contributed by atoms with E-state index in [0.29, 0.717) is 84.1 Å². The molecule has 4 aromatic carbocycles. The summed E-state index contributed by atoms with van der Waals surface area (Å²) in [7, 11) is -3.65. The summed E-state index contributed by atoms with van der Waals surface area (Å²) in [4.78, 5) is 58.1. The number of anilines is 4. The highest BCUT2D eigenvalue weighted by atomic mass is 32.2. The molecule has 1 atom stereocenters. The lowest BCUT2D eigenvalue weighted by molar-refractivity contribution is 0.0816. The summed E-state index contributed by atoms with van der Waals surface area (Å²) in [5.74, 6) is 1.83. The molecule has 4 aromatic heterocycles. The highest BCUT2D eigenvalue weighted by Crippen LogP contribution is 2.39. The summed E-state index contributed by atoms with van der Waals surface area (Å²) in [6.07, 6.45) is 8.60. The van der Waals surface area contributed by atoms with Crippen molar-refractivity contribution in [3.05, 3.63) is 142 Å². The summed E-state index contributed by atoms with van der Waals surface area (Å²) in [6, 6.07) is 30.4. The lowest BCUT2D eigenvalue weighted by Gasteiger charge is -2.38. The molecular formula is C68H90N14O7S2Si2. The molecule has 0 spiro atoms. The van der Waals surface area contributed by atoms with Gasteiger partial charge in [0.1, 0.15) is 38.3 Å². The monoisotopic (exact) mass is 1330 g/mol. The molecular weight excluding hydrogens is 1250 g/mol. The Hall–Kier alpha value is -7.43. The molecule has 8 aromatic rings. The largest absolute Gasteiger partial charge is 0.445 e. The Balaban J connectivity index is 0.000000190. The predicted molar refractivity (Wildman–Crippen MR) is 376 cm³/mol. The van der Waals surface area contributed by atoms with Gasteiger partial charge in [0.25, 0.3) is 0 Å². The third-order valence-corrected chi connectivity index (χ3v) is 22.3. The number of nitrogens with zero attached hydrogens (tertiary/aromatic N) is 14. The zero-order chi connectivity index (χ0) is 65.4. The molecule has 21 nitrogen and oxygen atoms in total. The number of amides is 2. The number of ether oxygens (including phenoxy) is 4. The lowest BCUT2D eigenvalue weighted by atomic mass is 10.0. The molecule has 93 heavy (non-hydrogen) atoms. The topological polar surface area (TPSA) is 195 Å². The second-order valence-electron chi connectivity index (χ2n) is 26.9. The van der Waals surface area contributed by atoms with Crippen molar-refractivity contribution in [2.24, 2.45) is 0 Å². The molecule has 4 aliphatic rings. The fourth-order valence-corrected chi connectivity index (χ4v) is 14.7. The quantitative estimate of drug-likeness (QED) is 0.0302. The van der Waals surface area contributed by atoms with Crippen molar-refractivity contribution in [3.63, 3.8) is 0 Å². The van der Waals surface area contributed by atoms with Crippen molar-refractivity contribution in [1.29, 1.82) is 0 Å². The maximum absolute atomic E-state index is 12.8. The molecule has 0 radical (unpaired) electrons. The molecule has 2 fully saturated rings. The first-order valence-corrected chi connectivity index (χ1v) is 42.6. The fourth-order valence-electron chi connectivity index (χ4n) is 12.3. The molecule has 0 bridgehead atoms. The first-order chi connectivity index (χ1) is 44.8. The van der Waals surface area contributed by atoms with Gasteiger partial charge in [-0.3, -0.25) is 4.21 Å². The second-order valence-corrected chi connectivity index (χ2v) is 40.1. The van der Waals surface area contributed by atoms with Gasteiger partial charge in [0.2, 0.25) is 5.16 Å². The molecule has 2 saturated heterocycles. The number of hydrogen-bond donors (Lipinski definition) is 0. The number of benzene rings is 4. The van der Waals surface area contributed by atoms with Gasteiger partial charge in [-0.25, -0.2) is 38.9 Å². The van der Waals surface area contributed by atoms with Gasteiger partial charge in [0.15, 0.2) is 5.16 Å². The first kappa shape index (κ1) is 67.0. The van der Waals surface area contributed by atoms with Crippen LogP contribution in [-0.4, -0.2) is 173 Å². The van der Waals surface area contributed by atoms with Crippen molar-refractivity contribution in [3.8, 4) is 0 Å². The molecule has 8 heterocycles. The van der Waals surface area contributed by atoms with Crippen LogP contribution in [0.5, 0.6) is 0 Å². The third kappa shape index (κ3) is 16.6. The fraction of sp³-hybridized carbons (Fsp3) is 0.471. The Morgan fingerprint density at radius 1 is 0.538 bits per heavy atom. The van der Waals surface area contributed by atoms with Crippen LogP contribution in [0.4, 0.5) is 32.6 Å². The molecule has 4 aliphatic heterocycles. The highest BCUT2D eigenvalue weighted by molar-refractivity contribution is 7.98. The van der Waals surface area contributed by atoms with Gasteiger partial charge < -0.3 is 48.3 Å². The van der Waals surface area contributed by atoms with Crippen molar-refractivity contribution < 1.29 is 32.7 Å². The average molecular weight is 1340 g/mol. The summed E-state index contributed by atoms with van der Waals surface area (Å²) in [6.45, 7) is 29.3. The molecule has 494 valence electrons. The Labute approximate surface area is 555 Å². The van der Waals surface area contributed by atoms with E-state index >= 15 is 0 Å². The number of hydrogen-bond acceptors (Lipinski definition) is 18. The maximum atomic E-state index is 12.8. The minimum absolute atomic E-state index is 0.252. The van der Waals surface area contributed by atoms with Crippen LogP contribution in [0.25, 0.3) is 21.8 Å². The number of carbonyl (C=O) groups excluding carboxylic acids is 2. The molecule has 2 amide bonds. The van der Waals surface area contributed by atoms with Crippen LogP contribution in [0.3, 0.4) is 0 Å². The van der Waals surface area contributed by atoms with Crippen LogP contribution in [0.15, 0.2) is 108 Å². The predicted octanol–water partition coefficient (Wildman–Crippen LogP) is 11.4. The van der Waals surface area contributed by atoms with Crippen LogP contribution in [0.2, 0.25) is 51.4 Å². The average Bonchev–Trinajstić information content (AvgIpc) is 1.76. The van der Waals surface area contributed by atoms with Crippen LogP contribution < -0.4 is 19.6 Å². The van der Waals surface area contributed by atoms with Crippen molar-refractivity contribution in [2.75, 3.05) is 111 Å². The smallest absolute Gasteiger partial charge is 0.410 e. The van der Waals surface area contributed by atoms with Gasteiger partial charge in [-0.05, 0) is 79.4 Å². The Bertz CT molecular complexity index is 3930. The SMILES string of the molecule is CSc1nc2c(c(N3CCN(C(=O)OCc4ccccc4)CC3)n1)CCN(c1c(C)ccc3c1cnn3COCC[Si](C)(C)C)C2.Cc1ccc2c(cnn2COCC[Si](C)(C)C)c1N1CCc2c(nc(S(C)=O)nc2N2CCN(C(=O)OCc3ccccc3)CC2)C1. The van der Waals surface area contributed by atoms with E-state index in [1.807, 2.05) is 88.7 Å². The summed E-state index contributed by atoms with van der Waals surface area (Å²) >= 11 is 1.57. The zero-order valence-electron chi connectivity index (χ0n) is 55.7. The molecule has 25 heteroatoms. The van der Waals surface area contributed by atoms with Gasteiger partial charge in [0, 0.05) is 123 Å².